The minimum atomic E-state index is -3.65. The Morgan fingerprint density at radius 2 is 1.52 bits per heavy atom. The summed E-state index contributed by atoms with van der Waals surface area (Å²) in [6.07, 6.45) is 1.48. The molecule has 0 spiro atoms. The number of nitrogens with one attached hydrogen (secondary N) is 1. The van der Waals surface area contributed by atoms with Crippen LogP contribution in [-0.4, -0.2) is 33.8 Å². The number of amides is 1. The molecule has 0 aromatic heterocycles. The Hall–Kier alpha value is -3.65. The molecule has 3 rings (SSSR count). The number of hydrogen-bond donors (Lipinski definition) is 1. The standard InChI is InChI=1S/C25H26N2O5S/c1-4-31-21-11-8-20(24(16-21)32-5-2)17-26-27-25(28)19-9-14-23(15-10-19)33(29,30)22-12-6-18(3)7-13-22/h6-17H,4-5H2,1-3H3,(H,27,28). The summed E-state index contributed by atoms with van der Waals surface area (Å²) < 4.78 is 36.6. The van der Waals surface area contributed by atoms with Crippen LogP contribution >= 0.6 is 0 Å². The number of carbonyl (C=O) groups is 1. The first kappa shape index (κ1) is 24.0. The molecule has 0 aliphatic heterocycles. The molecule has 0 atom stereocenters. The lowest BCUT2D eigenvalue weighted by Crippen LogP contribution is -2.17. The zero-order valence-corrected chi connectivity index (χ0v) is 19.6. The van der Waals surface area contributed by atoms with Crippen LogP contribution in [-0.2, 0) is 9.84 Å². The molecular weight excluding hydrogens is 440 g/mol. The average Bonchev–Trinajstić information content (AvgIpc) is 2.81. The van der Waals surface area contributed by atoms with E-state index in [0.29, 0.717) is 30.3 Å². The van der Waals surface area contributed by atoms with Crippen molar-refractivity contribution in [3.05, 3.63) is 83.4 Å². The van der Waals surface area contributed by atoms with Crippen molar-refractivity contribution in [2.45, 2.75) is 30.6 Å². The Kier molecular flexibility index (Phi) is 7.84. The number of benzene rings is 3. The van der Waals surface area contributed by atoms with E-state index in [1.54, 1.807) is 42.5 Å². The molecule has 3 aromatic carbocycles. The molecule has 7 nitrogen and oxygen atoms in total. The first-order valence-corrected chi connectivity index (χ1v) is 12.0. The number of nitrogens with zero attached hydrogens (tertiary/aromatic N) is 1. The van der Waals surface area contributed by atoms with Gasteiger partial charge in [0.05, 0.1) is 29.2 Å². The number of aryl methyl sites for hydroxylation is 1. The summed E-state index contributed by atoms with van der Waals surface area (Å²) >= 11 is 0. The van der Waals surface area contributed by atoms with E-state index >= 15 is 0 Å². The largest absolute Gasteiger partial charge is 0.494 e. The van der Waals surface area contributed by atoms with Crippen LogP contribution in [0.15, 0.2) is 81.6 Å². The van der Waals surface area contributed by atoms with Gasteiger partial charge >= 0.3 is 0 Å². The van der Waals surface area contributed by atoms with E-state index in [0.717, 1.165) is 5.56 Å². The van der Waals surface area contributed by atoms with Gasteiger partial charge in [-0.25, -0.2) is 13.8 Å². The highest BCUT2D eigenvalue weighted by Gasteiger charge is 2.18. The van der Waals surface area contributed by atoms with Gasteiger partial charge in [-0.3, -0.25) is 4.79 Å². The van der Waals surface area contributed by atoms with Gasteiger partial charge in [0.25, 0.3) is 5.91 Å². The maximum absolute atomic E-state index is 12.8. The summed E-state index contributed by atoms with van der Waals surface area (Å²) in [5.41, 5.74) is 4.38. The molecule has 0 heterocycles. The average molecular weight is 467 g/mol. The molecule has 3 aromatic rings. The topological polar surface area (TPSA) is 94.1 Å². The quantitative estimate of drug-likeness (QED) is 0.373. The third kappa shape index (κ3) is 5.98. The summed E-state index contributed by atoms with van der Waals surface area (Å²) in [6, 6.07) is 17.7. The highest BCUT2D eigenvalue weighted by Crippen LogP contribution is 2.24. The van der Waals surface area contributed by atoms with E-state index < -0.39 is 15.7 Å². The van der Waals surface area contributed by atoms with Gasteiger partial charge in [0, 0.05) is 17.2 Å². The number of hydrogen-bond acceptors (Lipinski definition) is 6. The number of hydrazone groups is 1. The molecular formula is C25H26N2O5S. The minimum Gasteiger partial charge on any atom is -0.494 e. The van der Waals surface area contributed by atoms with Crippen LogP contribution in [0.5, 0.6) is 11.5 Å². The first-order chi connectivity index (χ1) is 15.8. The van der Waals surface area contributed by atoms with E-state index in [1.165, 1.54) is 30.5 Å². The van der Waals surface area contributed by atoms with Gasteiger partial charge in [-0.05, 0) is 69.3 Å². The molecule has 172 valence electrons. The Bertz CT molecular complexity index is 1230. The zero-order chi connectivity index (χ0) is 23.8. The second-order valence-electron chi connectivity index (χ2n) is 7.11. The molecule has 8 heteroatoms. The maximum Gasteiger partial charge on any atom is 0.271 e. The van der Waals surface area contributed by atoms with Gasteiger partial charge in [0.1, 0.15) is 11.5 Å². The van der Waals surface area contributed by atoms with E-state index in [2.05, 4.69) is 10.5 Å². The fourth-order valence-electron chi connectivity index (χ4n) is 3.02. The molecule has 1 N–H and O–H groups in total. The number of ether oxygens (including phenoxy) is 2. The Balaban J connectivity index is 1.70. The molecule has 0 saturated heterocycles. The number of carbonyl (C=O) groups excluding carboxylic acids is 1. The van der Waals surface area contributed by atoms with Gasteiger partial charge < -0.3 is 9.47 Å². The van der Waals surface area contributed by atoms with Crippen molar-refractivity contribution >= 4 is 22.0 Å². The first-order valence-electron chi connectivity index (χ1n) is 10.5. The highest BCUT2D eigenvalue weighted by molar-refractivity contribution is 7.91. The lowest BCUT2D eigenvalue weighted by Gasteiger charge is -2.10. The van der Waals surface area contributed by atoms with E-state index in [9.17, 15) is 13.2 Å². The van der Waals surface area contributed by atoms with Crippen molar-refractivity contribution in [3.63, 3.8) is 0 Å². The minimum absolute atomic E-state index is 0.113. The third-order valence-electron chi connectivity index (χ3n) is 4.72. The summed E-state index contributed by atoms with van der Waals surface area (Å²) in [4.78, 5) is 12.7. The summed E-state index contributed by atoms with van der Waals surface area (Å²) in [5.74, 6) is 0.810. The number of sulfone groups is 1. The molecule has 0 radical (unpaired) electrons. The molecule has 1 amide bonds. The van der Waals surface area contributed by atoms with Crippen molar-refractivity contribution in [2.75, 3.05) is 13.2 Å². The van der Waals surface area contributed by atoms with Crippen LogP contribution in [0.1, 0.15) is 35.3 Å². The van der Waals surface area contributed by atoms with Crippen molar-refractivity contribution in [1.82, 2.24) is 5.43 Å². The van der Waals surface area contributed by atoms with E-state index in [-0.39, 0.29) is 15.4 Å². The molecule has 0 aliphatic rings. The zero-order valence-electron chi connectivity index (χ0n) is 18.7. The Morgan fingerprint density at radius 3 is 2.12 bits per heavy atom. The fourth-order valence-corrected chi connectivity index (χ4v) is 4.28. The van der Waals surface area contributed by atoms with Crippen LogP contribution in [0.3, 0.4) is 0 Å². The SMILES string of the molecule is CCOc1ccc(C=NNC(=O)c2ccc(S(=O)(=O)c3ccc(C)cc3)cc2)c(OCC)c1. The summed E-state index contributed by atoms with van der Waals surface area (Å²) in [7, 11) is -3.65. The molecule has 0 aliphatic carbocycles. The van der Waals surface area contributed by atoms with Gasteiger partial charge in [-0.15, -0.1) is 0 Å². The van der Waals surface area contributed by atoms with E-state index in [4.69, 9.17) is 9.47 Å². The van der Waals surface area contributed by atoms with Crippen molar-refractivity contribution in [2.24, 2.45) is 5.10 Å². The lowest BCUT2D eigenvalue weighted by molar-refractivity contribution is 0.0955. The second kappa shape index (κ2) is 10.8. The van der Waals surface area contributed by atoms with Gasteiger partial charge in [-0.2, -0.15) is 5.10 Å². The normalized spacial score (nSPS) is 11.4. The predicted octanol–water partition coefficient (Wildman–Crippen LogP) is 4.39. The van der Waals surface area contributed by atoms with Crippen LogP contribution < -0.4 is 14.9 Å². The van der Waals surface area contributed by atoms with Crippen LogP contribution in [0.4, 0.5) is 0 Å². The molecule has 0 bridgehead atoms. The highest BCUT2D eigenvalue weighted by atomic mass is 32.2. The molecule has 33 heavy (non-hydrogen) atoms. The summed E-state index contributed by atoms with van der Waals surface area (Å²) in [5, 5.41) is 4.00. The Morgan fingerprint density at radius 1 is 0.909 bits per heavy atom. The third-order valence-corrected chi connectivity index (χ3v) is 6.51. The predicted molar refractivity (Wildman–Crippen MR) is 127 cm³/mol. The van der Waals surface area contributed by atoms with Crippen molar-refractivity contribution < 1.29 is 22.7 Å². The lowest BCUT2D eigenvalue weighted by atomic mass is 10.2. The van der Waals surface area contributed by atoms with Gasteiger partial charge in [-0.1, -0.05) is 17.7 Å². The molecule has 0 fully saturated rings. The van der Waals surface area contributed by atoms with Crippen LogP contribution in [0, 0.1) is 6.92 Å². The molecule has 0 unspecified atom stereocenters. The van der Waals surface area contributed by atoms with Crippen molar-refractivity contribution in [3.8, 4) is 11.5 Å². The molecule has 0 saturated carbocycles. The van der Waals surface area contributed by atoms with Crippen LogP contribution in [0.25, 0.3) is 0 Å². The maximum atomic E-state index is 12.8. The van der Waals surface area contributed by atoms with Gasteiger partial charge in [0.15, 0.2) is 0 Å². The summed E-state index contributed by atoms with van der Waals surface area (Å²) in [6.45, 7) is 6.68. The Labute approximate surface area is 194 Å². The fraction of sp³-hybridized carbons (Fsp3) is 0.200. The van der Waals surface area contributed by atoms with Crippen molar-refractivity contribution in [1.29, 1.82) is 0 Å². The van der Waals surface area contributed by atoms with E-state index in [1.807, 2.05) is 20.8 Å². The smallest absolute Gasteiger partial charge is 0.271 e. The van der Waals surface area contributed by atoms with Gasteiger partial charge in [0.2, 0.25) is 9.84 Å². The monoisotopic (exact) mass is 466 g/mol. The second-order valence-corrected chi connectivity index (χ2v) is 9.06. The number of rotatable bonds is 9. The van der Waals surface area contributed by atoms with Crippen LogP contribution in [0.2, 0.25) is 0 Å².